The summed E-state index contributed by atoms with van der Waals surface area (Å²) in [6.45, 7) is 6.20. The fourth-order valence-electron chi connectivity index (χ4n) is 6.23. The summed E-state index contributed by atoms with van der Waals surface area (Å²) in [7, 11) is 0. The molecule has 4 atom stereocenters. The normalized spacial score (nSPS) is 28.2. The Morgan fingerprint density at radius 2 is 1.95 bits per heavy atom. The number of nitrogens with zero attached hydrogens (tertiary/aromatic N) is 5. The van der Waals surface area contributed by atoms with Crippen LogP contribution in [0.25, 0.3) is 0 Å². The van der Waals surface area contributed by atoms with E-state index in [0.29, 0.717) is 18.1 Å². The molecule has 1 spiro atoms. The maximum atomic E-state index is 13.6. The Morgan fingerprint density at radius 3 is 2.69 bits per heavy atom. The molecule has 1 saturated heterocycles. The molecule has 1 unspecified atom stereocenters. The Hall–Kier alpha value is -4.50. The summed E-state index contributed by atoms with van der Waals surface area (Å²) < 4.78 is 5.89. The Bertz CT molecular complexity index is 1510. The first-order valence-corrected chi connectivity index (χ1v) is 13.7. The molecule has 4 aliphatic heterocycles. The van der Waals surface area contributed by atoms with E-state index in [4.69, 9.17) is 16.2 Å². The van der Waals surface area contributed by atoms with E-state index < -0.39 is 41.4 Å². The number of aryl methyl sites for hydroxylation is 1. The average Bonchev–Trinajstić information content (AvgIpc) is 3.41. The van der Waals surface area contributed by atoms with Crippen molar-refractivity contribution in [2.24, 2.45) is 21.5 Å². The Labute approximate surface area is 241 Å². The monoisotopic (exact) mass is 578 g/mol. The van der Waals surface area contributed by atoms with Gasteiger partial charge in [-0.1, -0.05) is 26.0 Å². The van der Waals surface area contributed by atoms with Gasteiger partial charge in [0.25, 0.3) is 11.8 Å². The van der Waals surface area contributed by atoms with Crippen LogP contribution in [0.15, 0.2) is 40.6 Å². The number of hydrogen-bond donors (Lipinski definition) is 7. The number of hydrogen-bond acceptors (Lipinski definition) is 13. The zero-order chi connectivity index (χ0) is 30.0. The Kier molecular flexibility index (Phi) is 6.27. The van der Waals surface area contributed by atoms with Crippen molar-refractivity contribution in [3.63, 3.8) is 0 Å². The Balaban J connectivity index is 1.26. The number of carbonyl (C=O) groups excluding carboxylic acids is 2. The second-order valence-corrected chi connectivity index (χ2v) is 11.7. The zero-order valence-corrected chi connectivity index (χ0v) is 23.5. The van der Waals surface area contributed by atoms with Gasteiger partial charge in [-0.3, -0.25) is 14.6 Å². The van der Waals surface area contributed by atoms with Crippen LogP contribution in [0.4, 0.5) is 0 Å². The quantitative estimate of drug-likeness (QED) is 0.193. The lowest BCUT2D eigenvalue weighted by molar-refractivity contribution is -0.230. The highest BCUT2D eigenvalue weighted by Gasteiger charge is 2.73. The molecule has 0 aliphatic carbocycles. The largest absolute Gasteiger partial charge is 0.492 e. The molecule has 5 heterocycles. The predicted octanol–water partition coefficient (Wildman–Crippen LogP) is -1.95. The summed E-state index contributed by atoms with van der Waals surface area (Å²) in [5.74, 6) is -3.30. The molecular weight excluding hydrogens is 544 g/mol. The lowest BCUT2D eigenvalue weighted by Gasteiger charge is -2.49. The van der Waals surface area contributed by atoms with Crippen molar-refractivity contribution in [3.05, 3.63) is 53.1 Å². The van der Waals surface area contributed by atoms with E-state index in [1.54, 1.807) is 19.1 Å². The van der Waals surface area contributed by atoms with Crippen molar-refractivity contribution < 1.29 is 24.5 Å². The van der Waals surface area contributed by atoms with Gasteiger partial charge < -0.3 is 47.3 Å². The van der Waals surface area contributed by atoms with Crippen LogP contribution in [-0.2, 0) is 5.41 Å². The van der Waals surface area contributed by atoms with E-state index in [9.17, 15) is 19.8 Å². The maximum Gasteiger partial charge on any atom is 0.271 e. The summed E-state index contributed by atoms with van der Waals surface area (Å²) in [4.78, 5) is 44.8. The van der Waals surface area contributed by atoms with Crippen molar-refractivity contribution in [3.8, 4) is 5.75 Å². The van der Waals surface area contributed by atoms with Gasteiger partial charge in [0.05, 0.1) is 30.1 Å². The number of fused-ring (bicyclic) bond motifs is 1. The van der Waals surface area contributed by atoms with Crippen LogP contribution in [-0.4, -0.2) is 98.1 Å². The third kappa shape index (κ3) is 4.10. The molecule has 4 aliphatic rings. The van der Waals surface area contributed by atoms with Gasteiger partial charge in [-0.15, -0.1) is 0 Å². The van der Waals surface area contributed by atoms with Crippen LogP contribution in [0.3, 0.4) is 0 Å². The van der Waals surface area contributed by atoms with Gasteiger partial charge in [0.2, 0.25) is 5.79 Å². The molecule has 2 amide bonds. The SMILES string of the molecule is Cc1cnc(C(=O)NC[C@@H]2N=C(N)N3CC(NC(=O)c4cccc5c4OCCC5(C)C)C(O)(O)[C@@]34NC(N)=N[C@@H]24)cn1. The minimum atomic E-state index is -2.63. The second kappa shape index (κ2) is 9.52. The molecular formula is C27H34N10O5. The van der Waals surface area contributed by atoms with Gasteiger partial charge in [-0.2, -0.15) is 0 Å². The lowest BCUT2D eigenvalue weighted by Crippen LogP contribution is -2.78. The van der Waals surface area contributed by atoms with E-state index in [1.165, 1.54) is 17.3 Å². The third-order valence-electron chi connectivity index (χ3n) is 8.55. The number of guanidine groups is 2. The van der Waals surface area contributed by atoms with E-state index >= 15 is 0 Å². The van der Waals surface area contributed by atoms with Crippen LogP contribution in [0.5, 0.6) is 5.75 Å². The van der Waals surface area contributed by atoms with Crippen LogP contribution in [0, 0.1) is 6.92 Å². The van der Waals surface area contributed by atoms with Crippen molar-refractivity contribution in [2.45, 2.75) is 62.2 Å². The number of aliphatic hydroxyl groups is 2. The highest BCUT2D eigenvalue weighted by Crippen LogP contribution is 2.45. The topological polar surface area (TPSA) is 226 Å². The Morgan fingerprint density at radius 1 is 1.17 bits per heavy atom. The van der Waals surface area contributed by atoms with Crippen molar-refractivity contribution in [2.75, 3.05) is 19.7 Å². The highest BCUT2D eigenvalue weighted by atomic mass is 16.5. The summed E-state index contributed by atoms with van der Waals surface area (Å²) >= 11 is 0. The van der Waals surface area contributed by atoms with Crippen LogP contribution < -0.4 is 32.2 Å². The lowest BCUT2D eigenvalue weighted by atomic mass is 9.79. The van der Waals surface area contributed by atoms with Crippen LogP contribution in [0.2, 0.25) is 0 Å². The van der Waals surface area contributed by atoms with E-state index in [1.807, 2.05) is 6.07 Å². The molecule has 1 aromatic heterocycles. The van der Waals surface area contributed by atoms with Crippen molar-refractivity contribution in [1.82, 2.24) is 30.8 Å². The molecule has 0 bridgehead atoms. The number of rotatable bonds is 5. The molecule has 1 aromatic carbocycles. The molecule has 222 valence electrons. The number of ether oxygens (including phenoxy) is 1. The van der Waals surface area contributed by atoms with Gasteiger partial charge in [0, 0.05) is 24.8 Å². The molecule has 1 fully saturated rings. The number of nitrogens with two attached hydrogens (primary N) is 2. The second-order valence-electron chi connectivity index (χ2n) is 11.7. The molecule has 6 rings (SSSR count). The molecule has 9 N–H and O–H groups in total. The summed E-state index contributed by atoms with van der Waals surface area (Å²) in [5.41, 5.74) is 12.4. The first-order valence-electron chi connectivity index (χ1n) is 13.7. The number of carbonyl (C=O) groups is 2. The molecule has 2 aromatic rings. The summed E-state index contributed by atoms with van der Waals surface area (Å²) in [6.07, 6.45) is 3.63. The smallest absolute Gasteiger partial charge is 0.271 e. The molecule has 42 heavy (non-hydrogen) atoms. The number of aliphatic imine (C=N–C) groups is 2. The maximum absolute atomic E-state index is 13.6. The minimum absolute atomic E-state index is 0.0376. The zero-order valence-electron chi connectivity index (χ0n) is 23.5. The van der Waals surface area contributed by atoms with Crippen molar-refractivity contribution >= 4 is 23.7 Å². The minimum Gasteiger partial charge on any atom is -0.492 e. The number of nitrogens with one attached hydrogen (secondary N) is 3. The van der Waals surface area contributed by atoms with Crippen molar-refractivity contribution in [1.29, 1.82) is 0 Å². The number of amides is 2. The van der Waals surface area contributed by atoms with E-state index in [0.717, 1.165) is 12.0 Å². The van der Waals surface area contributed by atoms with Gasteiger partial charge in [-0.25, -0.2) is 15.0 Å². The average molecular weight is 579 g/mol. The number of benzene rings is 1. The standard InChI is InChI=1S/C27H34N10O5/c1-13-9-31-17(11-30-13)22(39)32-10-16-20-26(36-23(28)35-20)27(40,41)18(12-37(26)24(29)33-16)34-21(38)14-5-4-6-15-19(14)42-8-7-25(15,2)3/h4-6,9,11,16,18,20,40-41H,7-8,10,12H2,1-3H3,(H2,29,33)(H,32,39)(H,34,38)(H3,28,35,36)/t16-,18?,20-,26-/m0/s1. The number of aromatic nitrogens is 2. The molecule has 0 radical (unpaired) electrons. The van der Waals surface area contributed by atoms with Crippen LogP contribution >= 0.6 is 0 Å². The van der Waals surface area contributed by atoms with Gasteiger partial charge in [-0.05, 0) is 24.8 Å². The van der Waals surface area contributed by atoms with E-state index in [2.05, 4.69) is 49.8 Å². The first-order chi connectivity index (χ1) is 19.8. The molecule has 0 saturated carbocycles. The summed E-state index contributed by atoms with van der Waals surface area (Å²) in [6, 6.07) is 2.29. The van der Waals surface area contributed by atoms with E-state index in [-0.39, 0.29) is 41.7 Å². The highest BCUT2D eigenvalue weighted by molar-refractivity contribution is 5.98. The fourth-order valence-corrected chi connectivity index (χ4v) is 6.23. The first kappa shape index (κ1) is 27.7. The summed E-state index contributed by atoms with van der Waals surface area (Å²) in [5, 5.41) is 31.8. The molecule has 15 heteroatoms. The van der Waals surface area contributed by atoms with Gasteiger partial charge in [0.15, 0.2) is 17.6 Å². The molecule has 15 nitrogen and oxygen atoms in total. The predicted molar refractivity (Wildman–Crippen MR) is 150 cm³/mol. The third-order valence-corrected chi connectivity index (χ3v) is 8.55. The number of para-hydroxylation sites is 1. The fraction of sp³-hybridized carbons (Fsp3) is 0.481. The van der Waals surface area contributed by atoms with Crippen LogP contribution in [0.1, 0.15) is 52.4 Å². The van der Waals surface area contributed by atoms with Gasteiger partial charge >= 0.3 is 0 Å². The van der Waals surface area contributed by atoms with Gasteiger partial charge in [0.1, 0.15) is 23.5 Å².